The Hall–Kier alpha value is -3.12. The zero-order valence-corrected chi connectivity index (χ0v) is 11.1. The van der Waals surface area contributed by atoms with E-state index in [9.17, 15) is 25.1 Å². The summed E-state index contributed by atoms with van der Waals surface area (Å²) >= 11 is 0. The minimum Gasteiger partial charge on any atom is -0.504 e. The third-order valence-electron chi connectivity index (χ3n) is 2.94. The van der Waals surface area contributed by atoms with Gasteiger partial charge in [0.1, 0.15) is 11.6 Å². The van der Waals surface area contributed by atoms with Gasteiger partial charge >= 0.3 is 5.69 Å². The number of carbonyl (C=O) groups excluding carboxylic acids is 1. The first-order valence-electron chi connectivity index (χ1n) is 6.13. The summed E-state index contributed by atoms with van der Waals surface area (Å²) in [4.78, 5) is 21.7. The monoisotopic (exact) mass is 305 g/mol. The van der Waals surface area contributed by atoms with Crippen LogP contribution in [0.15, 0.2) is 17.7 Å². The van der Waals surface area contributed by atoms with Crippen molar-refractivity contribution in [3.63, 3.8) is 0 Å². The van der Waals surface area contributed by atoms with Crippen molar-refractivity contribution in [2.24, 2.45) is 0 Å². The van der Waals surface area contributed by atoms with Gasteiger partial charge in [0.15, 0.2) is 5.75 Å². The molecule has 3 N–H and O–H groups in total. The Balaban J connectivity index is 2.31. The number of nitrogens with zero attached hydrogens (tertiary/aromatic N) is 2. The summed E-state index contributed by atoms with van der Waals surface area (Å²) in [5.41, 5.74) is -0.971. The van der Waals surface area contributed by atoms with Gasteiger partial charge in [-0.3, -0.25) is 14.9 Å². The van der Waals surface area contributed by atoms with Crippen LogP contribution in [-0.4, -0.2) is 40.3 Å². The maximum atomic E-state index is 11.8. The highest BCUT2D eigenvalue weighted by Crippen LogP contribution is 2.36. The molecule has 1 aliphatic heterocycles. The maximum Gasteiger partial charge on any atom is 0.315 e. The van der Waals surface area contributed by atoms with Gasteiger partial charge in [-0.05, 0) is 17.7 Å². The number of nitrogens with one attached hydrogen (secondary N) is 1. The Morgan fingerprint density at radius 3 is 2.68 bits per heavy atom. The standard InChI is InChI=1S/C13H11N3O6/c14-4-8(13(19)15-9-5-22-6-9)1-7-2-10(16(20)21)12(18)11(17)3-7/h1-3,9,17-18H,5-6H2,(H,15,19)/b8-1+. The highest BCUT2D eigenvalue weighted by Gasteiger charge is 2.23. The zero-order chi connectivity index (χ0) is 16.3. The van der Waals surface area contributed by atoms with Crippen LogP contribution < -0.4 is 5.32 Å². The number of ether oxygens (including phenoxy) is 1. The van der Waals surface area contributed by atoms with Gasteiger partial charge in [-0.25, -0.2) is 0 Å². The first-order valence-corrected chi connectivity index (χ1v) is 6.13. The molecule has 0 aliphatic carbocycles. The number of hydrogen-bond donors (Lipinski definition) is 3. The first kappa shape index (κ1) is 15.3. The number of hydrogen-bond acceptors (Lipinski definition) is 7. The lowest BCUT2D eigenvalue weighted by atomic mass is 10.1. The Labute approximate surface area is 124 Å². The highest BCUT2D eigenvalue weighted by molar-refractivity contribution is 6.02. The number of nitro groups is 1. The summed E-state index contributed by atoms with van der Waals surface area (Å²) in [5, 5.41) is 41.2. The van der Waals surface area contributed by atoms with Crippen LogP contribution in [-0.2, 0) is 9.53 Å². The number of aromatic hydroxyl groups is 2. The molecular weight excluding hydrogens is 294 g/mol. The lowest BCUT2D eigenvalue weighted by molar-refractivity contribution is -0.386. The minimum atomic E-state index is -0.885. The molecular formula is C13H11N3O6. The van der Waals surface area contributed by atoms with Crippen molar-refractivity contribution < 1.29 is 24.7 Å². The van der Waals surface area contributed by atoms with Gasteiger partial charge in [-0.15, -0.1) is 0 Å². The number of phenols is 2. The van der Waals surface area contributed by atoms with Crippen molar-refractivity contribution in [1.82, 2.24) is 5.32 Å². The predicted octanol–water partition coefficient (Wildman–Crippen LogP) is 0.428. The molecule has 9 heteroatoms. The van der Waals surface area contributed by atoms with Gasteiger partial charge in [0.2, 0.25) is 5.75 Å². The number of rotatable bonds is 4. The molecule has 0 bridgehead atoms. The van der Waals surface area contributed by atoms with Crippen molar-refractivity contribution in [2.45, 2.75) is 6.04 Å². The molecule has 1 amide bonds. The van der Waals surface area contributed by atoms with Crippen molar-refractivity contribution in [1.29, 1.82) is 5.26 Å². The molecule has 0 aromatic heterocycles. The summed E-state index contributed by atoms with van der Waals surface area (Å²) in [6.07, 6.45) is 1.08. The fourth-order valence-electron chi connectivity index (χ4n) is 1.75. The average molecular weight is 305 g/mol. The molecule has 0 unspecified atom stereocenters. The van der Waals surface area contributed by atoms with Crippen molar-refractivity contribution >= 4 is 17.7 Å². The second-order valence-electron chi connectivity index (χ2n) is 4.54. The lowest BCUT2D eigenvalue weighted by Crippen LogP contribution is -2.48. The molecule has 22 heavy (non-hydrogen) atoms. The van der Waals surface area contributed by atoms with Crippen molar-refractivity contribution in [2.75, 3.05) is 13.2 Å². The predicted molar refractivity (Wildman–Crippen MR) is 72.8 cm³/mol. The highest BCUT2D eigenvalue weighted by atomic mass is 16.6. The fourth-order valence-corrected chi connectivity index (χ4v) is 1.75. The molecule has 1 aromatic rings. The maximum absolute atomic E-state index is 11.8. The van der Waals surface area contributed by atoms with E-state index in [1.54, 1.807) is 6.07 Å². The van der Waals surface area contributed by atoms with Crippen LogP contribution >= 0.6 is 0 Å². The zero-order valence-electron chi connectivity index (χ0n) is 11.1. The summed E-state index contributed by atoms with van der Waals surface area (Å²) in [6, 6.07) is 3.47. The molecule has 1 fully saturated rings. The molecule has 1 aromatic carbocycles. The Bertz CT molecular complexity index is 702. The number of carbonyl (C=O) groups is 1. The van der Waals surface area contributed by atoms with Crippen LogP contribution in [0.1, 0.15) is 5.56 Å². The number of nitriles is 1. The second-order valence-corrected chi connectivity index (χ2v) is 4.54. The SMILES string of the molecule is N#C/C(=C\c1cc(O)c(O)c([N+](=O)[O-])c1)C(=O)NC1COC1. The summed E-state index contributed by atoms with van der Waals surface area (Å²) in [7, 11) is 0. The number of benzene rings is 1. The topological polar surface area (TPSA) is 146 Å². The van der Waals surface area contributed by atoms with E-state index in [0.29, 0.717) is 13.2 Å². The van der Waals surface area contributed by atoms with Crippen LogP contribution in [0, 0.1) is 21.4 Å². The molecule has 1 aliphatic rings. The third kappa shape index (κ3) is 3.13. The smallest absolute Gasteiger partial charge is 0.315 e. The van der Waals surface area contributed by atoms with E-state index in [-0.39, 0.29) is 17.2 Å². The molecule has 0 atom stereocenters. The number of phenolic OH excluding ortho intramolecular Hbond substituents is 2. The van der Waals surface area contributed by atoms with E-state index in [2.05, 4.69) is 5.32 Å². The second kappa shape index (κ2) is 6.11. The van der Waals surface area contributed by atoms with E-state index in [1.165, 1.54) is 0 Å². The van der Waals surface area contributed by atoms with Crippen molar-refractivity contribution in [3.05, 3.63) is 33.4 Å². The summed E-state index contributed by atoms with van der Waals surface area (Å²) < 4.78 is 4.89. The Morgan fingerprint density at radius 2 is 2.18 bits per heavy atom. The molecule has 9 nitrogen and oxygen atoms in total. The molecule has 2 rings (SSSR count). The first-order chi connectivity index (χ1) is 10.4. The fraction of sp³-hybridized carbons (Fsp3) is 0.231. The summed E-state index contributed by atoms with van der Waals surface area (Å²) in [6.45, 7) is 0.714. The molecule has 1 heterocycles. The molecule has 1 saturated heterocycles. The minimum absolute atomic E-state index is 0.0403. The van der Waals surface area contributed by atoms with E-state index >= 15 is 0 Å². The van der Waals surface area contributed by atoms with E-state index in [1.807, 2.05) is 0 Å². The van der Waals surface area contributed by atoms with Gasteiger partial charge in [0, 0.05) is 6.07 Å². The Kier molecular flexibility index (Phi) is 4.24. The molecule has 0 radical (unpaired) electrons. The Morgan fingerprint density at radius 1 is 1.50 bits per heavy atom. The van der Waals surface area contributed by atoms with Crippen LogP contribution in [0.25, 0.3) is 6.08 Å². The largest absolute Gasteiger partial charge is 0.504 e. The van der Waals surface area contributed by atoms with Gasteiger partial charge in [0.05, 0.1) is 24.2 Å². The van der Waals surface area contributed by atoms with E-state index in [4.69, 9.17) is 10.00 Å². The third-order valence-corrected chi connectivity index (χ3v) is 2.94. The van der Waals surface area contributed by atoms with E-state index < -0.39 is 28.0 Å². The van der Waals surface area contributed by atoms with Gasteiger partial charge in [0.25, 0.3) is 5.91 Å². The number of amides is 1. The van der Waals surface area contributed by atoms with Gasteiger partial charge in [-0.1, -0.05) is 0 Å². The van der Waals surface area contributed by atoms with E-state index in [0.717, 1.165) is 18.2 Å². The van der Waals surface area contributed by atoms with Crippen molar-refractivity contribution in [3.8, 4) is 17.6 Å². The van der Waals surface area contributed by atoms with Gasteiger partial charge in [-0.2, -0.15) is 5.26 Å². The molecule has 114 valence electrons. The average Bonchev–Trinajstić information content (AvgIpc) is 2.43. The normalized spacial score (nSPS) is 14.8. The van der Waals surface area contributed by atoms with Crippen LogP contribution in [0.5, 0.6) is 11.5 Å². The number of nitro benzene ring substituents is 1. The molecule has 0 saturated carbocycles. The van der Waals surface area contributed by atoms with Crippen LogP contribution in [0.3, 0.4) is 0 Å². The summed E-state index contributed by atoms with van der Waals surface area (Å²) in [5.74, 6) is -2.24. The van der Waals surface area contributed by atoms with Crippen LogP contribution in [0.4, 0.5) is 5.69 Å². The lowest BCUT2D eigenvalue weighted by Gasteiger charge is -2.26. The van der Waals surface area contributed by atoms with Gasteiger partial charge < -0.3 is 20.3 Å². The quantitative estimate of drug-likeness (QED) is 0.240. The molecule has 0 spiro atoms. The van der Waals surface area contributed by atoms with Crippen LogP contribution in [0.2, 0.25) is 0 Å².